The normalized spacial score (nSPS) is 27.2. The zero-order valence-electron chi connectivity index (χ0n) is 12.3. The molecular formula is C15H14FN3O5. The number of rotatable bonds is 3. The lowest BCUT2D eigenvalue weighted by Crippen LogP contribution is -2.33. The number of hydrogen-bond donors (Lipinski definition) is 3. The zero-order chi connectivity index (χ0) is 16.8. The van der Waals surface area contributed by atoms with Crippen molar-refractivity contribution in [2.24, 2.45) is 0 Å². The van der Waals surface area contributed by atoms with Gasteiger partial charge in [0.2, 0.25) is 0 Å². The highest BCUT2D eigenvalue weighted by atomic mass is 19.1. The number of furan rings is 1. The maximum absolute atomic E-state index is 14.5. The highest BCUT2D eigenvalue weighted by molar-refractivity contribution is 5.90. The summed E-state index contributed by atoms with van der Waals surface area (Å²) in [5.74, 6) is -0.241. The SMILES string of the molecule is OCC1O[C@@H](n2cc(F)c3c(-c4ccco4)ncnc32)[C@@H](O)[C@H]1O. The van der Waals surface area contributed by atoms with E-state index in [4.69, 9.17) is 9.15 Å². The third-order valence-electron chi connectivity index (χ3n) is 4.11. The molecule has 1 aliphatic heterocycles. The van der Waals surface area contributed by atoms with Gasteiger partial charge in [-0.2, -0.15) is 0 Å². The Morgan fingerprint density at radius 3 is 2.75 bits per heavy atom. The molecule has 9 heteroatoms. The van der Waals surface area contributed by atoms with Gasteiger partial charge in [-0.25, -0.2) is 14.4 Å². The summed E-state index contributed by atoms with van der Waals surface area (Å²) in [5, 5.41) is 29.3. The fourth-order valence-electron chi connectivity index (χ4n) is 2.94. The lowest BCUT2D eigenvalue weighted by molar-refractivity contribution is -0.0510. The van der Waals surface area contributed by atoms with E-state index < -0.39 is 37.0 Å². The van der Waals surface area contributed by atoms with Crippen LogP contribution in [0.2, 0.25) is 0 Å². The van der Waals surface area contributed by atoms with Gasteiger partial charge < -0.3 is 29.0 Å². The van der Waals surface area contributed by atoms with Crippen molar-refractivity contribution in [1.82, 2.24) is 14.5 Å². The molecule has 0 aliphatic carbocycles. The lowest BCUT2D eigenvalue weighted by Gasteiger charge is -2.17. The second kappa shape index (κ2) is 5.64. The summed E-state index contributed by atoms with van der Waals surface area (Å²) in [4.78, 5) is 8.13. The van der Waals surface area contributed by atoms with Gasteiger partial charge in [0, 0.05) is 6.20 Å². The van der Waals surface area contributed by atoms with Crippen LogP contribution in [0.15, 0.2) is 35.3 Å². The van der Waals surface area contributed by atoms with Gasteiger partial charge in [0.25, 0.3) is 0 Å². The number of aliphatic hydroxyl groups is 3. The first-order valence-electron chi connectivity index (χ1n) is 7.29. The van der Waals surface area contributed by atoms with Crippen LogP contribution in [0.3, 0.4) is 0 Å². The van der Waals surface area contributed by atoms with Crippen molar-refractivity contribution in [3.63, 3.8) is 0 Å². The average molecular weight is 335 g/mol. The van der Waals surface area contributed by atoms with E-state index in [1.165, 1.54) is 17.2 Å². The van der Waals surface area contributed by atoms with Crippen LogP contribution >= 0.6 is 0 Å². The monoisotopic (exact) mass is 335 g/mol. The van der Waals surface area contributed by atoms with Gasteiger partial charge in [0.15, 0.2) is 17.8 Å². The minimum atomic E-state index is -1.33. The first-order chi connectivity index (χ1) is 11.6. The topological polar surface area (TPSA) is 114 Å². The summed E-state index contributed by atoms with van der Waals surface area (Å²) in [6, 6.07) is 3.30. The van der Waals surface area contributed by atoms with Crippen molar-refractivity contribution < 1.29 is 28.9 Å². The fourth-order valence-corrected chi connectivity index (χ4v) is 2.94. The van der Waals surface area contributed by atoms with Gasteiger partial charge in [-0.15, -0.1) is 0 Å². The Kier molecular flexibility index (Phi) is 3.57. The molecular weight excluding hydrogens is 321 g/mol. The molecule has 0 bridgehead atoms. The smallest absolute Gasteiger partial charge is 0.164 e. The summed E-state index contributed by atoms with van der Waals surface area (Å²) in [5.41, 5.74) is 0.455. The van der Waals surface area contributed by atoms with E-state index in [1.54, 1.807) is 12.1 Å². The number of ether oxygens (including phenoxy) is 1. The van der Waals surface area contributed by atoms with Crippen LogP contribution in [0.1, 0.15) is 6.23 Å². The van der Waals surface area contributed by atoms with Crippen molar-refractivity contribution in [2.75, 3.05) is 6.61 Å². The van der Waals surface area contributed by atoms with Gasteiger partial charge >= 0.3 is 0 Å². The Balaban J connectivity index is 1.86. The largest absolute Gasteiger partial charge is 0.463 e. The molecule has 8 nitrogen and oxygen atoms in total. The fraction of sp³-hybridized carbons (Fsp3) is 0.333. The molecule has 0 aromatic carbocycles. The number of halogens is 1. The van der Waals surface area contributed by atoms with Crippen LogP contribution in [0, 0.1) is 5.82 Å². The van der Waals surface area contributed by atoms with Crippen molar-refractivity contribution in [2.45, 2.75) is 24.5 Å². The van der Waals surface area contributed by atoms with Gasteiger partial charge in [-0.1, -0.05) is 0 Å². The number of fused-ring (bicyclic) bond motifs is 1. The van der Waals surface area contributed by atoms with Crippen LogP contribution in [0.4, 0.5) is 4.39 Å². The van der Waals surface area contributed by atoms with E-state index in [9.17, 15) is 19.7 Å². The molecule has 4 rings (SSSR count). The van der Waals surface area contributed by atoms with Crippen LogP contribution < -0.4 is 0 Å². The van der Waals surface area contributed by atoms with E-state index in [1.807, 2.05) is 0 Å². The average Bonchev–Trinajstić information content (AvgIpc) is 3.29. The van der Waals surface area contributed by atoms with Crippen molar-refractivity contribution >= 4 is 11.0 Å². The summed E-state index contributed by atoms with van der Waals surface area (Å²) >= 11 is 0. The van der Waals surface area contributed by atoms with Gasteiger partial charge in [0.1, 0.15) is 36.0 Å². The highest BCUT2D eigenvalue weighted by Crippen LogP contribution is 2.35. The second-order valence-electron chi connectivity index (χ2n) is 5.51. The van der Waals surface area contributed by atoms with E-state index in [2.05, 4.69) is 9.97 Å². The molecule has 1 unspecified atom stereocenters. The molecule has 0 saturated carbocycles. The molecule has 0 radical (unpaired) electrons. The van der Waals surface area contributed by atoms with Gasteiger partial charge in [-0.05, 0) is 12.1 Å². The van der Waals surface area contributed by atoms with Crippen LogP contribution in [0.25, 0.3) is 22.5 Å². The van der Waals surface area contributed by atoms with Crippen LogP contribution in [-0.2, 0) is 4.74 Å². The zero-order valence-corrected chi connectivity index (χ0v) is 12.3. The number of nitrogens with zero attached hydrogens (tertiary/aromatic N) is 3. The minimum absolute atomic E-state index is 0.116. The Morgan fingerprint density at radius 1 is 1.25 bits per heavy atom. The molecule has 3 aromatic heterocycles. The third-order valence-corrected chi connectivity index (χ3v) is 4.11. The standard InChI is InChI=1S/C15H14FN3O5/c16-7-4-19(15-13(22)12(21)9(5-20)24-15)14-10(7)11(17-6-18-14)8-2-1-3-23-8/h1-4,6,9,12-13,15,20-22H,5H2/t9?,12-,13-,15+/m0/s1. The molecule has 126 valence electrons. The molecule has 1 aliphatic rings. The Morgan fingerprint density at radius 2 is 2.08 bits per heavy atom. The third kappa shape index (κ3) is 2.13. The molecule has 0 spiro atoms. The van der Waals surface area contributed by atoms with E-state index in [-0.39, 0.29) is 16.7 Å². The van der Waals surface area contributed by atoms with E-state index >= 15 is 0 Å². The first kappa shape index (κ1) is 15.2. The van der Waals surface area contributed by atoms with Crippen LogP contribution in [0.5, 0.6) is 0 Å². The number of aromatic nitrogens is 3. The maximum Gasteiger partial charge on any atom is 0.164 e. The molecule has 3 aromatic rings. The Labute approximate surface area is 134 Å². The quantitative estimate of drug-likeness (QED) is 0.636. The molecule has 1 saturated heterocycles. The van der Waals surface area contributed by atoms with Gasteiger partial charge in [0.05, 0.1) is 18.3 Å². The molecule has 1 fully saturated rings. The summed E-state index contributed by atoms with van der Waals surface area (Å²) in [6.07, 6.45) is -0.847. The molecule has 3 N–H and O–H groups in total. The summed E-state index contributed by atoms with van der Waals surface area (Å²) in [7, 11) is 0. The van der Waals surface area contributed by atoms with Crippen molar-refractivity contribution in [3.8, 4) is 11.5 Å². The first-order valence-corrected chi connectivity index (χ1v) is 7.29. The predicted molar refractivity (Wildman–Crippen MR) is 78.2 cm³/mol. The Bertz CT molecular complexity index is 866. The molecule has 0 amide bonds. The summed E-state index contributed by atoms with van der Waals surface area (Å²) < 4.78 is 26.5. The van der Waals surface area contributed by atoms with E-state index in [0.29, 0.717) is 5.76 Å². The van der Waals surface area contributed by atoms with E-state index in [0.717, 1.165) is 6.20 Å². The highest BCUT2D eigenvalue weighted by Gasteiger charge is 2.44. The maximum atomic E-state index is 14.5. The predicted octanol–water partition coefficient (Wildman–Crippen LogP) is 0.442. The molecule has 24 heavy (non-hydrogen) atoms. The number of aliphatic hydroxyl groups excluding tert-OH is 3. The van der Waals surface area contributed by atoms with Crippen molar-refractivity contribution in [3.05, 3.63) is 36.7 Å². The summed E-state index contributed by atoms with van der Waals surface area (Å²) in [6.45, 7) is -0.469. The number of hydrogen-bond acceptors (Lipinski definition) is 7. The molecule has 4 heterocycles. The van der Waals surface area contributed by atoms with Crippen molar-refractivity contribution in [1.29, 1.82) is 0 Å². The minimum Gasteiger partial charge on any atom is -0.463 e. The van der Waals surface area contributed by atoms with Crippen LogP contribution in [-0.4, -0.2) is 54.8 Å². The van der Waals surface area contributed by atoms with Gasteiger partial charge in [-0.3, -0.25) is 0 Å². The molecule has 4 atom stereocenters. The Hall–Kier alpha value is -2.33. The second-order valence-corrected chi connectivity index (χ2v) is 5.51. The lowest BCUT2D eigenvalue weighted by atomic mass is 10.1.